The Morgan fingerprint density at radius 3 is 2.82 bits per heavy atom. The van der Waals surface area contributed by atoms with Gasteiger partial charge in [-0.25, -0.2) is 13.8 Å². The van der Waals surface area contributed by atoms with E-state index in [2.05, 4.69) is 4.98 Å². The van der Waals surface area contributed by atoms with E-state index < -0.39 is 19.0 Å². The number of aryl methyl sites for hydroxylation is 1. The van der Waals surface area contributed by atoms with E-state index in [9.17, 15) is 18.4 Å². The Labute approximate surface area is 188 Å². The summed E-state index contributed by atoms with van der Waals surface area (Å²) in [5, 5.41) is 0. The molecule has 0 saturated heterocycles. The number of amides is 1. The van der Waals surface area contributed by atoms with Crippen LogP contribution < -0.4 is 15.0 Å². The lowest BCUT2D eigenvalue weighted by atomic mass is 10.0. The monoisotopic (exact) mass is 456 g/mol. The predicted octanol–water partition coefficient (Wildman–Crippen LogP) is 2.45. The summed E-state index contributed by atoms with van der Waals surface area (Å²) < 4.78 is 41.6. The summed E-state index contributed by atoms with van der Waals surface area (Å²) >= 11 is 0. The second-order valence-electron chi connectivity index (χ2n) is 8.18. The van der Waals surface area contributed by atoms with Crippen LogP contribution in [0.1, 0.15) is 21.7 Å². The molecule has 0 atom stereocenters. The number of carbonyl (C=O) groups excluding carboxylic acids is 1. The van der Waals surface area contributed by atoms with Crippen molar-refractivity contribution in [2.45, 2.75) is 25.8 Å². The first kappa shape index (κ1) is 21.2. The Morgan fingerprint density at radius 2 is 2.03 bits per heavy atom. The van der Waals surface area contributed by atoms with E-state index in [0.717, 1.165) is 5.69 Å². The molecule has 0 radical (unpaired) electrons. The van der Waals surface area contributed by atoms with Crippen molar-refractivity contribution in [3.05, 3.63) is 70.2 Å². The summed E-state index contributed by atoms with van der Waals surface area (Å²) in [6, 6.07) is 8.19. The van der Waals surface area contributed by atoms with Crippen LogP contribution in [0.5, 0.6) is 11.5 Å². The van der Waals surface area contributed by atoms with Crippen molar-refractivity contribution < 1.29 is 23.0 Å². The number of fused-ring (bicyclic) bond motifs is 2. The Balaban J connectivity index is 1.28. The fourth-order valence-electron chi connectivity index (χ4n) is 4.17. The van der Waals surface area contributed by atoms with E-state index in [4.69, 9.17) is 9.47 Å². The molecule has 0 saturated carbocycles. The highest BCUT2D eigenvalue weighted by atomic mass is 19.3. The van der Waals surface area contributed by atoms with Crippen molar-refractivity contribution >= 4 is 5.91 Å². The van der Waals surface area contributed by atoms with Crippen LogP contribution in [-0.4, -0.2) is 57.2 Å². The van der Waals surface area contributed by atoms with Crippen molar-refractivity contribution in [3.63, 3.8) is 0 Å². The zero-order valence-electron chi connectivity index (χ0n) is 18.0. The smallest absolute Gasteiger partial charge is 0.285 e. The molecule has 10 heteroatoms. The summed E-state index contributed by atoms with van der Waals surface area (Å²) in [4.78, 5) is 31.6. The number of nitrogens with zero attached hydrogens (tertiary/aromatic N) is 4. The quantitative estimate of drug-likeness (QED) is 0.590. The Kier molecular flexibility index (Phi) is 5.15. The van der Waals surface area contributed by atoms with Crippen LogP contribution in [0.4, 0.5) is 8.78 Å². The summed E-state index contributed by atoms with van der Waals surface area (Å²) in [6.45, 7) is 2.27. The highest BCUT2D eigenvalue weighted by Crippen LogP contribution is 2.38. The van der Waals surface area contributed by atoms with Crippen LogP contribution in [0.2, 0.25) is 0 Å². The largest absolute Gasteiger partial charge is 0.491 e. The summed E-state index contributed by atoms with van der Waals surface area (Å²) in [5.41, 5.74) is 1.59. The third kappa shape index (κ3) is 3.96. The van der Waals surface area contributed by atoms with Gasteiger partial charge in [0.1, 0.15) is 29.5 Å². The van der Waals surface area contributed by atoms with Gasteiger partial charge in [0, 0.05) is 31.3 Å². The summed E-state index contributed by atoms with van der Waals surface area (Å²) in [7, 11) is 0. The molecule has 1 amide bonds. The molecule has 172 valence electrons. The van der Waals surface area contributed by atoms with Gasteiger partial charge < -0.3 is 23.5 Å². The van der Waals surface area contributed by atoms with E-state index in [1.165, 1.54) is 4.57 Å². The minimum Gasteiger partial charge on any atom is -0.491 e. The highest BCUT2D eigenvalue weighted by molar-refractivity contribution is 5.93. The third-order valence-corrected chi connectivity index (χ3v) is 5.83. The summed E-state index contributed by atoms with van der Waals surface area (Å²) in [6.07, 6.45) is 2.87. The number of imidazole rings is 1. The number of hydrogen-bond donors (Lipinski definition) is 0. The second kappa shape index (κ2) is 8.02. The Morgan fingerprint density at radius 1 is 1.18 bits per heavy atom. The first-order chi connectivity index (χ1) is 15.8. The van der Waals surface area contributed by atoms with Crippen LogP contribution in [0.25, 0.3) is 5.69 Å². The molecule has 0 unspecified atom stereocenters. The van der Waals surface area contributed by atoms with Gasteiger partial charge in [0.25, 0.3) is 17.4 Å². The van der Waals surface area contributed by atoms with Gasteiger partial charge in [0.15, 0.2) is 6.61 Å². The molecule has 0 fully saturated rings. The van der Waals surface area contributed by atoms with E-state index in [1.54, 1.807) is 52.3 Å². The average molecular weight is 456 g/mol. The molecule has 5 rings (SSSR count). The van der Waals surface area contributed by atoms with Crippen molar-refractivity contribution in [1.29, 1.82) is 0 Å². The molecular weight excluding hydrogens is 434 g/mol. The summed E-state index contributed by atoms with van der Waals surface area (Å²) in [5.74, 6) is -2.50. The molecule has 2 aliphatic heterocycles. The van der Waals surface area contributed by atoms with Crippen LogP contribution in [0, 0.1) is 6.92 Å². The number of halogens is 2. The van der Waals surface area contributed by atoms with Gasteiger partial charge >= 0.3 is 0 Å². The minimum absolute atomic E-state index is 0.129. The second-order valence-corrected chi connectivity index (χ2v) is 8.18. The number of carbonyl (C=O) groups is 1. The molecule has 0 spiro atoms. The van der Waals surface area contributed by atoms with Gasteiger partial charge in [-0.05, 0) is 31.2 Å². The van der Waals surface area contributed by atoms with Gasteiger partial charge in [-0.15, -0.1) is 0 Å². The molecule has 0 aliphatic carbocycles. The maximum absolute atomic E-state index is 13.8. The maximum Gasteiger partial charge on any atom is 0.285 e. The van der Waals surface area contributed by atoms with E-state index in [-0.39, 0.29) is 24.6 Å². The number of ether oxygens (including phenoxy) is 2. The Bertz CT molecular complexity index is 1280. The first-order valence-corrected chi connectivity index (χ1v) is 10.6. The van der Waals surface area contributed by atoms with Gasteiger partial charge in [0.05, 0.1) is 18.6 Å². The molecule has 33 heavy (non-hydrogen) atoms. The lowest BCUT2D eigenvalue weighted by Crippen LogP contribution is -2.46. The predicted molar refractivity (Wildman–Crippen MR) is 115 cm³/mol. The molecule has 3 aromatic rings. The number of hydrogen-bond acceptors (Lipinski definition) is 5. The molecule has 4 heterocycles. The maximum atomic E-state index is 13.8. The van der Waals surface area contributed by atoms with Crippen molar-refractivity contribution in [3.8, 4) is 17.2 Å². The normalized spacial score (nSPS) is 16.7. The lowest BCUT2D eigenvalue weighted by Gasteiger charge is -2.30. The van der Waals surface area contributed by atoms with Crippen molar-refractivity contribution in [2.75, 3.05) is 26.3 Å². The van der Waals surface area contributed by atoms with Gasteiger partial charge in [0.2, 0.25) is 0 Å². The zero-order chi connectivity index (χ0) is 23.2. The molecule has 8 nitrogen and oxygen atoms in total. The first-order valence-electron chi connectivity index (χ1n) is 10.6. The minimum atomic E-state index is -2.94. The lowest BCUT2D eigenvalue weighted by molar-refractivity contribution is -0.0522. The van der Waals surface area contributed by atoms with Crippen LogP contribution in [0.3, 0.4) is 0 Å². The van der Waals surface area contributed by atoms with Gasteiger partial charge in [-0.3, -0.25) is 9.59 Å². The van der Waals surface area contributed by atoms with Gasteiger partial charge in [-0.2, -0.15) is 0 Å². The van der Waals surface area contributed by atoms with Crippen LogP contribution in [0.15, 0.2) is 47.7 Å². The molecular formula is C23H22F2N4O4. The van der Waals surface area contributed by atoms with Gasteiger partial charge in [-0.1, -0.05) is 6.07 Å². The molecule has 0 N–H and O–H groups in total. The third-order valence-electron chi connectivity index (χ3n) is 5.83. The SMILES string of the molecule is Cc1cn(-c2ccc3n(c2=O)CCN(CCOc2cccc4c2CC(F)(F)CO4)C3=O)cn1. The number of benzene rings is 1. The number of rotatable bonds is 5. The Hall–Kier alpha value is -3.69. The molecule has 2 aromatic heterocycles. The number of aromatic nitrogens is 3. The standard InChI is InChI=1S/C23H22F2N4O4/c1-15-12-28(14-26-15)17-5-6-18-21(30)27(7-8-29(18)22(17)31)9-10-32-19-3-2-4-20-16(19)11-23(24,25)13-33-20/h2-6,12,14H,7-11,13H2,1H3. The average Bonchev–Trinajstić information content (AvgIpc) is 3.21. The molecule has 2 aliphatic rings. The highest BCUT2D eigenvalue weighted by Gasteiger charge is 2.37. The van der Waals surface area contributed by atoms with Crippen LogP contribution >= 0.6 is 0 Å². The fraction of sp³-hybridized carbons (Fsp3) is 0.348. The fourth-order valence-corrected chi connectivity index (χ4v) is 4.17. The molecule has 1 aromatic carbocycles. The molecule has 0 bridgehead atoms. The van der Waals surface area contributed by atoms with Crippen molar-refractivity contribution in [2.24, 2.45) is 0 Å². The number of alkyl halides is 2. The zero-order valence-corrected chi connectivity index (χ0v) is 18.0. The van der Waals surface area contributed by atoms with Crippen molar-refractivity contribution in [1.82, 2.24) is 19.0 Å². The number of pyridine rings is 1. The van der Waals surface area contributed by atoms with E-state index in [0.29, 0.717) is 41.5 Å². The van der Waals surface area contributed by atoms with E-state index in [1.807, 2.05) is 6.92 Å². The van der Waals surface area contributed by atoms with E-state index >= 15 is 0 Å². The van der Waals surface area contributed by atoms with Crippen LogP contribution in [-0.2, 0) is 13.0 Å². The topological polar surface area (TPSA) is 78.6 Å².